The topological polar surface area (TPSA) is 166 Å². The van der Waals surface area contributed by atoms with E-state index in [0.29, 0.717) is 40.5 Å². The number of fused-ring (bicyclic) bond motifs is 2. The summed E-state index contributed by atoms with van der Waals surface area (Å²) in [5, 5.41) is 24.6. The standard InChI is InChI=1S/C29H28N6O5S/c36-27(21-13-14-24-22(18-21)19-32-34-24)33-29(28(37)38,15-4-6-17-31-26-12-3-5-16-30-26)35-41(39,40)25-11-7-9-20-8-1-2-10-23(20)25/h1-3,5,7-14,16,18-19,35H,4,6,15,17H2,(H,30,31)(H,32,34)(H,33,36)(H,37,38)/t29-/m0/s1. The second-order valence-electron chi connectivity index (χ2n) is 9.52. The van der Waals surface area contributed by atoms with Gasteiger partial charge in [0.05, 0.1) is 16.6 Å². The van der Waals surface area contributed by atoms with Gasteiger partial charge in [-0.2, -0.15) is 9.82 Å². The second kappa shape index (κ2) is 11.7. The van der Waals surface area contributed by atoms with E-state index >= 15 is 0 Å². The highest BCUT2D eigenvalue weighted by molar-refractivity contribution is 7.89. The molecule has 0 aliphatic carbocycles. The molecule has 0 saturated heterocycles. The summed E-state index contributed by atoms with van der Waals surface area (Å²) in [5.41, 5.74) is -1.47. The fourth-order valence-electron chi connectivity index (χ4n) is 4.61. The normalized spacial score (nSPS) is 13.1. The number of H-pyrrole nitrogens is 1. The summed E-state index contributed by atoms with van der Waals surface area (Å²) < 4.78 is 29.8. The Balaban J connectivity index is 1.43. The molecular formula is C29H28N6O5S. The fourth-order valence-corrected chi connectivity index (χ4v) is 6.15. The Morgan fingerprint density at radius 3 is 2.54 bits per heavy atom. The lowest BCUT2D eigenvalue weighted by molar-refractivity contribution is -0.145. The molecule has 0 aliphatic heterocycles. The van der Waals surface area contributed by atoms with Crippen molar-refractivity contribution in [2.75, 3.05) is 11.9 Å². The van der Waals surface area contributed by atoms with Gasteiger partial charge in [0, 0.05) is 29.1 Å². The molecule has 0 spiro atoms. The molecule has 0 bridgehead atoms. The summed E-state index contributed by atoms with van der Waals surface area (Å²) in [6.07, 6.45) is 3.73. The third-order valence-corrected chi connectivity index (χ3v) is 8.24. The number of aromatic nitrogens is 3. The maximum absolute atomic E-state index is 13.7. The Morgan fingerprint density at radius 2 is 1.73 bits per heavy atom. The minimum Gasteiger partial charge on any atom is -0.478 e. The molecule has 210 valence electrons. The molecule has 11 nitrogen and oxygen atoms in total. The summed E-state index contributed by atoms with van der Waals surface area (Å²) in [7, 11) is -4.41. The molecule has 3 aromatic carbocycles. The van der Waals surface area contributed by atoms with Gasteiger partial charge in [0.25, 0.3) is 5.91 Å². The number of benzene rings is 3. The predicted octanol–water partition coefficient (Wildman–Crippen LogP) is 3.88. The molecule has 41 heavy (non-hydrogen) atoms. The zero-order valence-electron chi connectivity index (χ0n) is 21.9. The molecule has 1 amide bonds. The largest absolute Gasteiger partial charge is 0.478 e. The number of carboxylic acids is 1. The fraction of sp³-hybridized carbons (Fsp3) is 0.172. The van der Waals surface area contributed by atoms with Crippen LogP contribution in [0.5, 0.6) is 0 Å². The van der Waals surface area contributed by atoms with Crippen LogP contribution in [0.2, 0.25) is 0 Å². The third-order valence-electron chi connectivity index (χ3n) is 6.69. The van der Waals surface area contributed by atoms with E-state index < -0.39 is 27.6 Å². The lowest BCUT2D eigenvalue weighted by Crippen LogP contribution is -2.65. The quantitative estimate of drug-likeness (QED) is 0.111. The number of hydrogen-bond donors (Lipinski definition) is 5. The number of aromatic amines is 1. The summed E-state index contributed by atoms with van der Waals surface area (Å²) in [6, 6.07) is 21.8. The van der Waals surface area contributed by atoms with Crippen molar-refractivity contribution < 1.29 is 23.1 Å². The highest BCUT2D eigenvalue weighted by Crippen LogP contribution is 2.25. The van der Waals surface area contributed by atoms with Crippen LogP contribution in [-0.4, -0.2) is 52.8 Å². The number of pyridine rings is 1. The molecule has 2 heterocycles. The number of anilines is 1. The molecule has 0 saturated carbocycles. The predicted molar refractivity (Wildman–Crippen MR) is 155 cm³/mol. The lowest BCUT2D eigenvalue weighted by atomic mass is 10.0. The highest BCUT2D eigenvalue weighted by atomic mass is 32.2. The Morgan fingerprint density at radius 1 is 0.927 bits per heavy atom. The van der Waals surface area contributed by atoms with Gasteiger partial charge in [0.15, 0.2) is 0 Å². The first-order chi connectivity index (χ1) is 19.8. The van der Waals surface area contributed by atoms with Crippen LogP contribution >= 0.6 is 0 Å². The van der Waals surface area contributed by atoms with Crippen LogP contribution in [0.15, 0.2) is 96.2 Å². The van der Waals surface area contributed by atoms with Crippen molar-refractivity contribution in [3.63, 3.8) is 0 Å². The molecule has 0 unspecified atom stereocenters. The average Bonchev–Trinajstić information content (AvgIpc) is 3.45. The van der Waals surface area contributed by atoms with Gasteiger partial charge in [-0.25, -0.2) is 18.2 Å². The number of nitrogens with zero attached hydrogens (tertiary/aromatic N) is 2. The number of rotatable bonds is 12. The number of sulfonamides is 1. The molecule has 0 fully saturated rings. The first-order valence-electron chi connectivity index (χ1n) is 12.9. The second-order valence-corrected chi connectivity index (χ2v) is 11.2. The molecule has 5 N–H and O–H groups in total. The molecule has 12 heteroatoms. The minimum atomic E-state index is -4.41. The smallest absolute Gasteiger partial charge is 0.345 e. The molecule has 5 aromatic rings. The number of aliphatic carboxylic acids is 1. The zero-order chi connectivity index (χ0) is 28.9. The molecule has 0 radical (unpaired) electrons. The van der Waals surface area contributed by atoms with Crippen molar-refractivity contribution >= 4 is 49.4 Å². The van der Waals surface area contributed by atoms with Gasteiger partial charge in [-0.15, -0.1) is 0 Å². The van der Waals surface area contributed by atoms with E-state index in [1.165, 1.54) is 18.3 Å². The van der Waals surface area contributed by atoms with Gasteiger partial charge in [0.1, 0.15) is 5.82 Å². The Bertz CT molecular complexity index is 1800. The maximum atomic E-state index is 13.7. The van der Waals surface area contributed by atoms with Crippen molar-refractivity contribution in [3.8, 4) is 0 Å². The lowest BCUT2D eigenvalue weighted by Gasteiger charge is -2.31. The van der Waals surface area contributed by atoms with E-state index in [0.717, 1.165) is 0 Å². The van der Waals surface area contributed by atoms with Crippen LogP contribution in [0, 0.1) is 0 Å². The number of nitrogens with one attached hydrogen (secondary N) is 4. The van der Waals surface area contributed by atoms with Crippen molar-refractivity contribution in [3.05, 3.63) is 96.8 Å². The number of hydrogen-bond acceptors (Lipinski definition) is 7. The first kappa shape index (κ1) is 27.7. The molecule has 0 aliphatic rings. The number of carboxylic acid groups (broad SMARTS) is 1. The van der Waals surface area contributed by atoms with Gasteiger partial charge >= 0.3 is 5.97 Å². The van der Waals surface area contributed by atoms with E-state index in [4.69, 9.17) is 0 Å². The van der Waals surface area contributed by atoms with Gasteiger partial charge in [-0.1, -0.05) is 42.5 Å². The summed E-state index contributed by atoms with van der Waals surface area (Å²) in [4.78, 5) is 30.3. The van der Waals surface area contributed by atoms with Crippen molar-refractivity contribution in [2.24, 2.45) is 0 Å². The SMILES string of the molecule is O=C(N[C@@](CCCCNc1ccccn1)(NS(=O)(=O)c1cccc2ccccc12)C(=O)O)c1ccc2[nH]ncc2c1. The summed E-state index contributed by atoms with van der Waals surface area (Å²) in [6.45, 7) is 0.466. The van der Waals surface area contributed by atoms with Crippen LogP contribution in [0.3, 0.4) is 0 Å². The average molecular weight is 573 g/mol. The Kier molecular flexibility index (Phi) is 7.95. The Hall–Kier alpha value is -4.81. The zero-order valence-corrected chi connectivity index (χ0v) is 22.7. The van der Waals surface area contributed by atoms with Crippen LogP contribution in [-0.2, 0) is 14.8 Å². The Labute approximate surface area is 236 Å². The first-order valence-corrected chi connectivity index (χ1v) is 14.4. The molecule has 5 rings (SSSR count). The van der Waals surface area contributed by atoms with Crippen molar-refractivity contribution in [2.45, 2.75) is 29.8 Å². The van der Waals surface area contributed by atoms with Gasteiger partial charge in [-0.05, 0) is 61.0 Å². The molecule has 2 aromatic heterocycles. The van der Waals surface area contributed by atoms with Gasteiger partial charge in [0.2, 0.25) is 15.7 Å². The van der Waals surface area contributed by atoms with E-state index in [-0.39, 0.29) is 23.3 Å². The van der Waals surface area contributed by atoms with E-state index in [1.54, 1.807) is 66.9 Å². The number of carbonyl (C=O) groups is 2. The third kappa shape index (κ3) is 6.18. The van der Waals surface area contributed by atoms with E-state index in [1.807, 2.05) is 6.07 Å². The van der Waals surface area contributed by atoms with Crippen LogP contribution < -0.4 is 15.4 Å². The molecule has 1 atom stereocenters. The van der Waals surface area contributed by atoms with Gasteiger partial charge < -0.3 is 15.7 Å². The van der Waals surface area contributed by atoms with Crippen LogP contribution in [0.4, 0.5) is 5.82 Å². The van der Waals surface area contributed by atoms with Crippen molar-refractivity contribution in [1.82, 2.24) is 25.2 Å². The minimum absolute atomic E-state index is 0.0906. The van der Waals surface area contributed by atoms with E-state index in [9.17, 15) is 23.1 Å². The van der Waals surface area contributed by atoms with Crippen molar-refractivity contribution in [1.29, 1.82) is 0 Å². The number of amides is 1. The summed E-state index contributed by atoms with van der Waals surface area (Å²) >= 11 is 0. The van der Waals surface area contributed by atoms with Gasteiger partial charge in [-0.3, -0.25) is 9.89 Å². The molecular weight excluding hydrogens is 544 g/mol. The summed E-state index contributed by atoms with van der Waals surface area (Å²) in [5.74, 6) is -1.61. The van der Waals surface area contributed by atoms with Crippen LogP contribution in [0.1, 0.15) is 29.6 Å². The highest BCUT2D eigenvalue weighted by Gasteiger charge is 2.44. The maximum Gasteiger partial charge on any atom is 0.345 e. The van der Waals surface area contributed by atoms with Crippen LogP contribution in [0.25, 0.3) is 21.7 Å². The monoisotopic (exact) mass is 572 g/mol. The number of carbonyl (C=O) groups excluding carboxylic acids is 1. The number of unbranched alkanes of at least 4 members (excludes halogenated alkanes) is 1. The van der Waals surface area contributed by atoms with E-state index in [2.05, 4.69) is 30.5 Å².